The molecule has 33 heavy (non-hydrogen) atoms. The number of aryl methyl sites for hydroxylation is 2. The molecule has 3 nitrogen and oxygen atoms in total. The molecular weight excluding hydrogens is 402 g/mol. The first-order chi connectivity index (χ1) is 15.8. The van der Waals surface area contributed by atoms with E-state index in [1.165, 1.54) is 16.7 Å². The Hall–Kier alpha value is -3.59. The first-order valence-corrected chi connectivity index (χ1v) is 11.5. The molecule has 0 spiro atoms. The van der Waals surface area contributed by atoms with E-state index in [4.69, 9.17) is 5.73 Å². The van der Waals surface area contributed by atoms with Crippen LogP contribution in [-0.4, -0.2) is 5.71 Å². The lowest BCUT2D eigenvalue weighted by Gasteiger charge is -2.14. The van der Waals surface area contributed by atoms with Crippen LogP contribution in [0.5, 0.6) is 0 Å². The zero-order chi connectivity index (χ0) is 24.5. The number of allylic oxidation sites excluding steroid dienone is 2. The number of hydrazone groups is 1. The Balaban J connectivity index is 0.00000187. The molecule has 0 unspecified atom stereocenters. The van der Waals surface area contributed by atoms with Gasteiger partial charge in [-0.1, -0.05) is 69.5 Å². The van der Waals surface area contributed by atoms with Crippen LogP contribution in [0.15, 0.2) is 90.1 Å². The lowest BCUT2D eigenvalue weighted by molar-refractivity contribution is 1.18. The van der Waals surface area contributed by atoms with Crippen LogP contribution in [0.4, 0.5) is 11.4 Å². The van der Waals surface area contributed by atoms with Crippen LogP contribution in [0.3, 0.4) is 0 Å². The van der Waals surface area contributed by atoms with E-state index in [1.54, 1.807) is 0 Å². The topological polar surface area (TPSA) is 50.4 Å². The summed E-state index contributed by atoms with van der Waals surface area (Å²) in [6.07, 6.45) is 0.733. The van der Waals surface area contributed by atoms with Crippen LogP contribution >= 0.6 is 0 Å². The quantitative estimate of drug-likeness (QED) is 0.222. The van der Waals surface area contributed by atoms with Crippen molar-refractivity contribution in [1.29, 1.82) is 0 Å². The summed E-state index contributed by atoms with van der Waals surface area (Å²) in [5.41, 5.74) is 20.6. The number of rotatable bonds is 7. The maximum Gasteiger partial charge on any atom is 0.0886 e. The Morgan fingerprint density at radius 2 is 1.61 bits per heavy atom. The van der Waals surface area contributed by atoms with Crippen molar-refractivity contribution in [3.8, 4) is 11.1 Å². The third kappa shape index (κ3) is 6.69. The van der Waals surface area contributed by atoms with E-state index in [0.29, 0.717) is 0 Å². The molecule has 0 radical (unpaired) electrons. The molecule has 0 bridgehead atoms. The minimum Gasteiger partial charge on any atom is -0.399 e. The van der Waals surface area contributed by atoms with E-state index in [2.05, 4.69) is 74.8 Å². The van der Waals surface area contributed by atoms with Crippen LogP contribution < -0.4 is 11.2 Å². The van der Waals surface area contributed by atoms with E-state index < -0.39 is 0 Å². The number of nitrogen functional groups attached to an aromatic ring is 1. The molecule has 3 rings (SSSR count). The second kappa shape index (κ2) is 11.9. The van der Waals surface area contributed by atoms with Gasteiger partial charge in [-0.3, -0.25) is 5.43 Å². The number of nitrogens with two attached hydrogens (primary N) is 1. The highest BCUT2D eigenvalue weighted by Gasteiger charge is 2.10. The van der Waals surface area contributed by atoms with Crippen LogP contribution in [0, 0.1) is 20.8 Å². The average Bonchev–Trinajstić information content (AvgIpc) is 2.78. The summed E-state index contributed by atoms with van der Waals surface area (Å²) >= 11 is 0. The normalized spacial score (nSPS) is 10.8. The molecule has 3 N–H and O–H groups in total. The number of benzene rings is 3. The summed E-state index contributed by atoms with van der Waals surface area (Å²) in [5.74, 6) is 0. The van der Waals surface area contributed by atoms with Crippen molar-refractivity contribution < 1.29 is 0 Å². The molecule has 0 saturated carbocycles. The molecule has 3 aromatic rings. The predicted molar refractivity (Wildman–Crippen MR) is 147 cm³/mol. The van der Waals surface area contributed by atoms with Crippen molar-refractivity contribution in [3.05, 3.63) is 107 Å². The van der Waals surface area contributed by atoms with Crippen LogP contribution in [0.25, 0.3) is 11.1 Å². The fraction of sp³-hybridized carbons (Fsp3) is 0.233. The van der Waals surface area contributed by atoms with E-state index in [1.807, 2.05) is 51.1 Å². The van der Waals surface area contributed by atoms with Gasteiger partial charge in [0.05, 0.1) is 11.4 Å². The Bertz CT molecular complexity index is 1170. The summed E-state index contributed by atoms with van der Waals surface area (Å²) in [7, 11) is 0. The average molecular weight is 440 g/mol. The lowest BCUT2D eigenvalue weighted by Crippen LogP contribution is -2.09. The van der Waals surface area contributed by atoms with Gasteiger partial charge in [-0.15, -0.1) is 0 Å². The molecule has 0 amide bonds. The Kier molecular flexibility index (Phi) is 9.23. The molecule has 0 heterocycles. The van der Waals surface area contributed by atoms with Crippen molar-refractivity contribution in [1.82, 2.24) is 0 Å². The number of hydrogen-bond acceptors (Lipinski definition) is 3. The predicted octanol–water partition coefficient (Wildman–Crippen LogP) is 8.03. The molecule has 0 atom stereocenters. The highest BCUT2D eigenvalue weighted by atomic mass is 15.3. The number of nitrogens with one attached hydrogen (secondary N) is 1. The molecule has 0 saturated heterocycles. The number of hydrogen-bond donors (Lipinski definition) is 2. The molecule has 0 aliphatic rings. The first kappa shape index (κ1) is 25.7. The number of nitrogens with zero attached hydrogens (tertiary/aromatic N) is 1. The molecule has 0 aromatic heterocycles. The minimum absolute atomic E-state index is 0.733. The fourth-order valence-electron chi connectivity index (χ4n) is 3.61. The van der Waals surface area contributed by atoms with Gasteiger partial charge in [0, 0.05) is 5.69 Å². The fourth-order valence-corrected chi connectivity index (χ4v) is 3.61. The van der Waals surface area contributed by atoms with Crippen molar-refractivity contribution >= 4 is 17.1 Å². The van der Waals surface area contributed by atoms with Gasteiger partial charge >= 0.3 is 0 Å². The minimum atomic E-state index is 0.733. The maximum absolute atomic E-state index is 5.97. The van der Waals surface area contributed by atoms with E-state index >= 15 is 0 Å². The molecule has 0 fully saturated rings. The smallest absolute Gasteiger partial charge is 0.0886 e. The largest absolute Gasteiger partial charge is 0.399 e. The Morgan fingerprint density at radius 1 is 0.909 bits per heavy atom. The van der Waals surface area contributed by atoms with Gasteiger partial charge in [-0.2, -0.15) is 5.10 Å². The molecule has 3 aromatic carbocycles. The van der Waals surface area contributed by atoms with E-state index in [-0.39, 0.29) is 0 Å². The SMILES string of the molecule is C=C(C)/C(=N/Nc1cccc(-c2cccc(N)c2)c1C)C(=C)Cc1ccc(C)c(C)c1.CC. The second-order valence-corrected chi connectivity index (χ2v) is 8.16. The van der Waals surface area contributed by atoms with Crippen LogP contribution in [0.2, 0.25) is 0 Å². The van der Waals surface area contributed by atoms with Crippen LogP contribution in [-0.2, 0) is 6.42 Å². The Labute approximate surface area is 199 Å². The zero-order valence-electron chi connectivity index (χ0n) is 20.9. The highest BCUT2D eigenvalue weighted by molar-refractivity contribution is 6.11. The summed E-state index contributed by atoms with van der Waals surface area (Å²) in [5, 5.41) is 4.69. The maximum atomic E-state index is 5.97. The molecule has 0 aliphatic carbocycles. The zero-order valence-corrected chi connectivity index (χ0v) is 20.9. The van der Waals surface area contributed by atoms with E-state index in [9.17, 15) is 0 Å². The van der Waals surface area contributed by atoms with Gasteiger partial charge in [-0.05, 0) is 96.8 Å². The standard InChI is InChI=1S/C28H31N3.C2H6/c1-18(2)28(21(5)16-23-14-13-19(3)20(4)15-23)31-30-27-12-8-11-26(22(27)6)24-9-7-10-25(29)17-24;1-2/h7-15,17,30H,1,5,16,29H2,2-4,6H3;1-2H3/b31-28-;. The Morgan fingerprint density at radius 3 is 2.24 bits per heavy atom. The third-order valence-electron chi connectivity index (χ3n) is 5.55. The van der Waals surface area contributed by atoms with Crippen molar-refractivity contribution in [2.24, 2.45) is 5.10 Å². The van der Waals surface area contributed by atoms with Crippen molar-refractivity contribution in [3.63, 3.8) is 0 Å². The van der Waals surface area contributed by atoms with Crippen LogP contribution in [0.1, 0.15) is 43.0 Å². The van der Waals surface area contributed by atoms with Gasteiger partial charge < -0.3 is 5.73 Å². The molecule has 0 aliphatic heterocycles. The summed E-state index contributed by atoms with van der Waals surface area (Å²) in [6.45, 7) is 20.7. The third-order valence-corrected chi connectivity index (χ3v) is 5.55. The van der Waals surface area contributed by atoms with Gasteiger partial charge in [0.15, 0.2) is 0 Å². The molecular formula is C30H37N3. The monoisotopic (exact) mass is 439 g/mol. The summed E-state index contributed by atoms with van der Waals surface area (Å²) < 4.78 is 0. The number of anilines is 2. The van der Waals surface area contributed by atoms with Gasteiger partial charge in [0.2, 0.25) is 0 Å². The van der Waals surface area contributed by atoms with Gasteiger partial charge in [0.25, 0.3) is 0 Å². The van der Waals surface area contributed by atoms with Gasteiger partial charge in [0.1, 0.15) is 0 Å². The highest BCUT2D eigenvalue weighted by Crippen LogP contribution is 2.29. The van der Waals surface area contributed by atoms with Gasteiger partial charge in [-0.25, -0.2) is 0 Å². The van der Waals surface area contributed by atoms with E-state index in [0.717, 1.165) is 51.3 Å². The molecule has 3 heteroatoms. The second-order valence-electron chi connectivity index (χ2n) is 8.16. The lowest BCUT2D eigenvalue weighted by atomic mass is 9.97. The first-order valence-electron chi connectivity index (χ1n) is 11.5. The summed E-state index contributed by atoms with van der Waals surface area (Å²) in [6, 6.07) is 20.6. The molecule has 172 valence electrons. The summed E-state index contributed by atoms with van der Waals surface area (Å²) in [4.78, 5) is 0. The van der Waals surface area contributed by atoms with Crippen molar-refractivity contribution in [2.45, 2.75) is 48.0 Å². The van der Waals surface area contributed by atoms with Crippen molar-refractivity contribution in [2.75, 3.05) is 11.2 Å².